The fourth-order valence-corrected chi connectivity index (χ4v) is 0.597. The SMILES string of the molecule is [N-]=[N+]=NCC(=O)NC1CC1. The third-order valence-electron chi connectivity index (χ3n) is 1.22. The summed E-state index contributed by atoms with van der Waals surface area (Å²) in [6.07, 6.45) is 2.12. The van der Waals surface area contributed by atoms with E-state index in [9.17, 15) is 4.79 Å². The zero-order chi connectivity index (χ0) is 7.40. The third-order valence-corrected chi connectivity index (χ3v) is 1.22. The molecule has 0 aromatic carbocycles. The maximum atomic E-state index is 10.7. The molecule has 5 heteroatoms. The first-order valence-electron chi connectivity index (χ1n) is 3.13. The Morgan fingerprint density at radius 3 is 3.00 bits per heavy atom. The Labute approximate surface area is 58.0 Å². The first-order chi connectivity index (χ1) is 4.83. The van der Waals surface area contributed by atoms with Gasteiger partial charge in [0.2, 0.25) is 5.91 Å². The van der Waals surface area contributed by atoms with E-state index >= 15 is 0 Å². The predicted molar refractivity (Wildman–Crippen MR) is 35.2 cm³/mol. The number of amides is 1. The normalized spacial score (nSPS) is 15.6. The molecule has 1 aliphatic carbocycles. The van der Waals surface area contributed by atoms with Gasteiger partial charge in [0.05, 0.1) is 0 Å². The molecule has 0 bridgehead atoms. The minimum absolute atomic E-state index is 0.0764. The highest BCUT2D eigenvalue weighted by molar-refractivity contribution is 5.78. The lowest BCUT2D eigenvalue weighted by Crippen LogP contribution is -2.27. The first kappa shape index (κ1) is 6.89. The van der Waals surface area contributed by atoms with Crippen molar-refractivity contribution in [3.05, 3.63) is 10.4 Å². The van der Waals surface area contributed by atoms with Crippen molar-refractivity contribution in [3.63, 3.8) is 0 Å². The molecule has 1 aliphatic rings. The van der Waals surface area contributed by atoms with Gasteiger partial charge in [-0.05, 0) is 18.4 Å². The first-order valence-corrected chi connectivity index (χ1v) is 3.13. The van der Waals surface area contributed by atoms with Crippen molar-refractivity contribution >= 4 is 5.91 Å². The number of hydrogen-bond donors (Lipinski definition) is 1. The molecule has 5 nitrogen and oxygen atoms in total. The summed E-state index contributed by atoms with van der Waals surface area (Å²) in [5.74, 6) is -0.180. The van der Waals surface area contributed by atoms with Crippen molar-refractivity contribution in [2.24, 2.45) is 5.11 Å². The number of carbonyl (C=O) groups is 1. The molecule has 0 unspecified atom stereocenters. The van der Waals surface area contributed by atoms with E-state index in [-0.39, 0.29) is 12.5 Å². The maximum absolute atomic E-state index is 10.7. The van der Waals surface area contributed by atoms with E-state index < -0.39 is 0 Å². The van der Waals surface area contributed by atoms with E-state index in [4.69, 9.17) is 5.53 Å². The lowest BCUT2D eigenvalue weighted by atomic mass is 10.5. The van der Waals surface area contributed by atoms with E-state index in [1.165, 1.54) is 0 Å². The van der Waals surface area contributed by atoms with Gasteiger partial charge in [0, 0.05) is 11.0 Å². The summed E-state index contributed by atoms with van der Waals surface area (Å²) in [4.78, 5) is 13.1. The van der Waals surface area contributed by atoms with Crippen LogP contribution in [0.1, 0.15) is 12.8 Å². The van der Waals surface area contributed by atoms with Crippen molar-refractivity contribution in [2.75, 3.05) is 6.54 Å². The smallest absolute Gasteiger partial charge is 0.226 e. The van der Waals surface area contributed by atoms with Crippen LogP contribution < -0.4 is 5.32 Å². The van der Waals surface area contributed by atoms with Gasteiger partial charge in [-0.2, -0.15) is 0 Å². The van der Waals surface area contributed by atoms with Crippen molar-refractivity contribution < 1.29 is 4.79 Å². The molecule has 54 valence electrons. The van der Waals surface area contributed by atoms with Gasteiger partial charge in [0.15, 0.2) is 0 Å². The monoisotopic (exact) mass is 140 g/mol. The number of rotatable bonds is 3. The summed E-state index contributed by atoms with van der Waals surface area (Å²) < 4.78 is 0. The largest absolute Gasteiger partial charge is 0.353 e. The molecule has 10 heavy (non-hydrogen) atoms. The van der Waals surface area contributed by atoms with Crippen molar-refractivity contribution in [3.8, 4) is 0 Å². The van der Waals surface area contributed by atoms with Gasteiger partial charge in [-0.3, -0.25) is 4.79 Å². The number of azide groups is 1. The van der Waals surface area contributed by atoms with Crippen LogP contribution in [0.4, 0.5) is 0 Å². The zero-order valence-electron chi connectivity index (χ0n) is 5.45. The molecule has 1 saturated carbocycles. The Kier molecular flexibility index (Phi) is 2.12. The van der Waals surface area contributed by atoms with Gasteiger partial charge in [-0.1, -0.05) is 5.11 Å². The second-order valence-electron chi connectivity index (χ2n) is 2.23. The van der Waals surface area contributed by atoms with E-state index in [0.29, 0.717) is 6.04 Å². The summed E-state index contributed by atoms with van der Waals surface area (Å²) in [6, 6.07) is 0.349. The Bertz CT molecular complexity index is 180. The highest BCUT2D eigenvalue weighted by Gasteiger charge is 2.22. The predicted octanol–water partition coefficient (Wildman–Crippen LogP) is 0.575. The molecule has 0 aromatic heterocycles. The molecule has 0 aromatic rings. The van der Waals surface area contributed by atoms with Crippen LogP contribution in [-0.4, -0.2) is 18.5 Å². The van der Waals surface area contributed by atoms with Crippen LogP contribution in [0.5, 0.6) is 0 Å². The van der Waals surface area contributed by atoms with Crippen LogP contribution in [0.2, 0.25) is 0 Å². The topological polar surface area (TPSA) is 77.9 Å². The van der Waals surface area contributed by atoms with Gasteiger partial charge in [0.25, 0.3) is 0 Å². The summed E-state index contributed by atoms with van der Waals surface area (Å²) in [7, 11) is 0. The summed E-state index contributed by atoms with van der Waals surface area (Å²) in [5.41, 5.74) is 7.84. The zero-order valence-corrected chi connectivity index (χ0v) is 5.45. The molecule has 1 fully saturated rings. The molecular weight excluding hydrogens is 132 g/mol. The molecular formula is C5H8N4O. The van der Waals surface area contributed by atoms with Crippen LogP contribution in [0.15, 0.2) is 5.11 Å². The Hall–Kier alpha value is -1.22. The van der Waals surface area contributed by atoms with Gasteiger partial charge < -0.3 is 5.32 Å². The van der Waals surface area contributed by atoms with Gasteiger partial charge in [0.1, 0.15) is 6.54 Å². The second kappa shape index (κ2) is 3.08. The number of nitrogens with one attached hydrogen (secondary N) is 1. The quantitative estimate of drug-likeness (QED) is 0.347. The summed E-state index contributed by atoms with van der Waals surface area (Å²) in [6.45, 7) is -0.0764. The maximum Gasteiger partial charge on any atom is 0.226 e. The van der Waals surface area contributed by atoms with Crippen molar-refractivity contribution in [1.82, 2.24) is 5.32 Å². The fourth-order valence-electron chi connectivity index (χ4n) is 0.597. The van der Waals surface area contributed by atoms with Gasteiger partial charge >= 0.3 is 0 Å². The number of carbonyl (C=O) groups excluding carboxylic acids is 1. The van der Waals surface area contributed by atoms with Crippen LogP contribution >= 0.6 is 0 Å². The minimum atomic E-state index is -0.180. The molecule has 1 amide bonds. The summed E-state index contributed by atoms with van der Waals surface area (Å²) >= 11 is 0. The van der Waals surface area contributed by atoms with Crippen LogP contribution in [0.3, 0.4) is 0 Å². The van der Waals surface area contributed by atoms with E-state index in [0.717, 1.165) is 12.8 Å². The molecule has 0 spiro atoms. The number of hydrogen-bond acceptors (Lipinski definition) is 2. The fraction of sp³-hybridized carbons (Fsp3) is 0.800. The Balaban J connectivity index is 2.13. The highest BCUT2D eigenvalue weighted by Crippen LogP contribution is 2.18. The average molecular weight is 140 g/mol. The molecule has 1 rings (SSSR count). The van der Waals surface area contributed by atoms with Gasteiger partial charge in [-0.25, -0.2) is 0 Å². The van der Waals surface area contributed by atoms with E-state index in [2.05, 4.69) is 15.3 Å². The lowest BCUT2D eigenvalue weighted by molar-refractivity contribution is -0.119. The molecule has 0 heterocycles. The second-order valence-corrected chi connectivity index (χ2v) is 2.23. The standard InChI is InChI=1S/C5H8N4O/c6-9-7-3-5(10)8-4-1-2-4/h4H,1-3H2,(H,8,10). The van der Waals surface area contributed by atoms with Crippen LogP contribution in [-0.2, 0) is 4.79 Å². The Morgan fingerprint density at radius 2 is 2.50 bits per heavy atom. The molecule has 1 N–H and O–H groups in total. The molecule has 0 aliphatic heterocycles. The van der Waals surface area contributed by atoms with Crippen molar-refractivity contribution in [1.29, 1.82) is 0 Å². The lowest BCUT2D eigenvalue weighted by Gasteiger charge is -1.96. The number of nitrogens with zero attached hydrogens (tertiary/aromatic N) is 3. The highest BCUT2D eigenvalue weighted by atomic mass is 16.2. The van der Waals surface area contributed by atoms with Gasteiger partial charge in [-0.15, -0.1) is 0 Å². The Morgan fingerprint density at radius 1 is 1.80 bits per heavy atom. The average Bonchev–Trinajstić information content (AvgIpc) is 2.67. The third kappa shape index (κ3) is 2.37. The van der Waals surface area contributed by atoms with Crippen LogP contribution in [0, 0.1) is 0 Å². The molecule has 0 saturated heterocycles. The molecule has 0 radical (unpaired) electrons. The molecule has 0 atom stereocenters. The van der Waals surface area contributed by atoms with Crippen molar-refractivity contribution in [2.45, 2.75) is 18.9 Å². The van der Waals surface area contributed by atoms with Crippen LogP contribution in [0.25, 0.3) is 10.4 Å². The van der Waals surface area contributed by atoms with E-state index in [1.54, 1.807) is 0 Å². The van der Waals surface area contributed by atoms with E-state index in [1.807, 2.05) is 0 Å². The summed E-state index contributed by atoms with van der Waals surface area (Å²) in [5, 5.41) is 5.81. The minimum Gasteiger partial charge on any atom is -0.353 e.